The molecule has 0 atom stereocenters. The fraction of sp³-hybridized carbons (Fsp3) is 0.111. The van der Waals surface area contributed by atoms with Crippen LogP contribution in [0.1, 0.15) is 5.56 Å². The van der Waals surface area contributed by atoms with Crippen molar-refractivity contribution in [2.45, 2.75) is 11.8 Å². The van der Waals surface area contributed by atoms with E-state index in [1.54, 1.807) is 44.3 Å². The fourth-order valence-corrected chi connectivity index (χ4v) is 3.47. The Balaban J connectivity index is 1.75. The molecular weight excluding hydrogens is 366 g/mol. The first kappa shape index (κ1) is 18.5. The molecule has 140 valence electrons. The first-order chi connectivity index (χ1) is 12.8. The average molecular weight is 385 g/mol. The molecule has 3 rings (SSSR count). The molecule has 3 aromatic rings. The maximum atomic E-state index is 12.5. The Labute approximate surface area is 157 Å². The van der Waals surface area contributed by atoms with Crippen molar-refractivity contribution in [3.8, 4) is 0 Å². The van der Waals surface area contributed by atoms with Gasteiger partial charge in [0.1, 0.15) is 4.90 Å². The number of nitrogens with zero attached hydrogens (tertiary/aromatic N) is 2. The summed E-state index contributed by atoms with van der Waals surface area (Å²) in [6.45, 7) is 1.77. The van der Waals surface area contributed by atoms with Crippen LogP contribution < -0.4 is 15.4 Å². The Hall–Kier alpha value is -3.33. The summed E-state index contributed by atoms with van der Waals surface area (Å²) in [6, 6.07) is 13.6. The highest BCUT2D eigenvalue weighted by atomic mass is 32.2. The van der Waals surface area contributed by atoms with Crippen LogP contribution in [0.3, 0.4) is 0 Å². The lowest BCUT2D eigenvalue weighted by molar-refractivity contribution is 0.262. The van der Waals surface area contributed by atoms with E-state index < -0.39 is 16.1 Å². The van der Waals surface area contributed by atoms with E-state index in [4.69, 9.17) is 0 Å². The first-order valence-corrected chi connectivity index (χ1v) is 9.57. The van der Waals surface area contributed by atoms with Crippen molar-refractivity contribution in [2.75, 3.05) is 15.4 Å². The predicted molar refractivity (Wildman–Crippen MR) is 104 cm³/mol. The van der Waals surface area contributed by atoms with Crippen molar-refractivity contribution in [2.24, 2.45) is 7.05 Å². The van der Waals surface area contributed by atoms with Crippen LogP contribution in [0.2, 0.25) is 0 Å². The summed E-state index contributed by atoms with van der Waals surface area (Å²) in [5.41, 5.74) is 2.20. The molecule has 1 aromatic heterocycles. The van der Waals surface area contributed by atoms with Gasteiger partial charge in [-0.25, -0.2) is 13.2 Å². The molecule has 0 fully saturated rings. The van der Waals surface area contributed by atoms with Crippen LogP contribution in [-0.4, -0.2) is 24.2 Å². The molecule has 0 saturated heterocycles. The van der Waals surface area contributed by atoms with Gasteiger partial charge in [0.25, 0.3) is 10.0 Å². The second kappa shape index (κ2) is 7.50. The minimum Gasteiger partial charge on any atom is -0.308 e. The van der Waals surface area contributed by atoms with Crippen molar-refractivity contribution < 1.29 is 13.2 Å². The van der Waals surface area contributed by atoms with Crippen LogP contribution in [0.15, 0.2) is 65.8 Å². The zero-order valence-electron chi connectivity index (χ0n) is 14.8. The summed E-state index contributed by atoms with van der Waals surface area (Å²) in [5, 5.41) is 9.26. The van der Waals surface area contributed by atoms with Gasteiger partial charge in [-0.15, -0.1) is 0 Å². The normalized spacial score (nSPS) is 11.0. The number of rotatable bonds is 5. The lowest BCUT2D eigenvalue weighted by Crippen LogP contribution is -2.19. The Morgan fingerprint density at radius 3 is 2.41 bits per heavy atom. The van der Waals surface area contributed by atoms with Gasteiger partial charge in [0.2, 0.25) is 0 Å². The van der Waals surface area contributed by atoms with E-state index in [9.17, 15) is 13.2 Å². The largest absolute Gasteiger partial charge is 0.323 e. The number of anilines is 3. The third-order valence-corrected chi connectivity index (χ3v) is 5.08. The number of urea groups is 1. The average Bonchev–Trinajstić information content (AvgIpc) is 3.06. The van der Waals surface area contributed by atoms with E-state index in [-0.39, 0.29) is 4.90 Å². The molecule has 0 aliphatic heterocycles. The first-order valence-electron chi connectivity index (χ1n) is 8.09. The highest BCUT2D eigenvalue weighted by molar-refractivity contribution is 7.92. The molecule has 1 heterocycles. The van der Waals surface area contributed by atoms with E-state index in [1.165, 1.54) is 17.1 Å². The van der Waals surface area contributed by atoms with Crippen LogP contribution in [-0.2, 0) is 17.1 Å². The monoisotopic (exact) mass is 385 g/mol. The Morgan fingerprint density at radius 2 is 1.74 bits per heavy atom. The highest BCUT2D eigenvalue weighted by Crippen LogP contribution is 2.23. The van der Waals surface area contributed by atoms with Gasteiger partial charge in [-0.2, -0.15) is 5.10 Å². The molecule has 0 saturated carbocycles. The molecule has 2 amide bonds. The van der Waals surface area contributed by atoms with Crippen LogP contribution in [0, 0.1) is 6.92 Å². The Bertz CT molecular complexity index is 1060. The third kappa shape index (κ3) is 4.64. The summed E-state index contributed by atoms with van der Waals surface area (Å²) in [5.74, 6) is 0. The van der Waals surface area contributed by atoms with Gasteiger partial charge in [-0.05, 0) is 36.8 Å². The van der Waals surface area contributed by atoms with Gasteiger partial charge in [-0.3, -0.25) is 9.40 Å². The van der Waals surface area contributed by atoms with Gasteiger partial charge in [0.05, 0.1) is 11.9 Å². The number of para-hydroxylation sites is 1. The zero-order valence-corrected chi connectivity index (χ0v) is 15.6. The molecule has 9 heteroatoms. The number of sulfonamides is 1. The van der Waals surface area contributed by atoms with Gasteiger partial charge >= 0.3 is 6.03 Å². The molecule has 3 N–H and O–H groups in total. The molecule has 8 nitrogen and oxygen atoms in total. The van der Waals surface area contributed by atoms with Crippen molar-refractivity contribution in [1.82, 2.24) is 9.78 Å². The number of hydrogen-bond acceptors (Lipinski definition) is 4. The number of hydrogen-bond donors (Lipinski definition) is 3. The molecular formula is C18H19N5O3S. The summed E-state index contributed by atoms with van der Waals surface area (Å²) >= 11 is 0. The molecule has 2 aromatic carbocycles. The second-order valence-corrected chi connectivity index (χ2v) is 7.61. The molecule has 0 aliphatic rings. The van der Waals surface area contributed by atoms with Crippen molar-refractivity contribution in [1.29, 1.82) is 0 Å². The molecule has 0 aliphatic carbocycles. The van der Waals surface area contributed by atoms with E-state index in [2.05, 4.69) is 20.5 Å². The molecule has 0 spiro atoms. The summed E-state index contributed by atoms with van der Waals surface area (Å²) in [6.07, 6.45) is 2.68. The molecule has 0 bridgehead atoms. The lowest BCUT2D eigenvalue weighted by Gasteiger charge is -2.12. The molecule has 0 radical (unpaired) electrons. The summed E-state index contributed by atoms with van der Waals surface area (Å²) in [7, 11) is -2.13. The second-order valence-electron chi connectivity index (χ2n) is 5.93. The lowest BCUT2D eigenvalue weighted by atomic mass is 10.2. The quantitative estimate of drug-likeness (QED) is 0.627. The smallest absolute Gasteiger partial charge is 0.308 e. The van der Waals surface area contributed by atoms with Gasteiger partial charge in [0.15, 0.2) is 0 Å². The summed E-state index contributed by atoms with van der Waals surface area (Å²) < 4.78 is 28.9. The van der Waals surface area contributed by atoms with E-state index in [1.807, 2.05) is 18.2 Å². The maximum Gasteiger partial charge on any atom is 0.323 e. The highest BCUT2D eigenvalue weighted by Gasteiger charge is 2.17. The van der Waals surface area contributed by atoms with Crippen molar-refractivity contribution in [3.63, 3.8) is 0 Å². The van der Waals surface area contributed by atoms with Crippen molar-refractivity contribution in [3.05, 3.63) is 66.5 Å². The minimum absolute atomic E-state index is 0.0598. The zero-order chi connectivity index (χ0) is 19.4. The fourth-order valence-electron chi connectivity index (χ4n) is 2.37. The third-order valence-electron chi connectivity index (χ3n) is 3.76. The maximum absolute atomic E-state index is 12.5. The van der Waals surface area contributed by atoms with Crippen LogP contribution in [0.5, 0.6) is 0 Å². The van der Waals surface area contributed by atoms with Crippen LogP contribution >= 0.6 is 0 Å². The van der Waals surface area contributed by atoms with Crippen LogP contribution in [0.25, 0.3) is 0 Å². The number of carbonyl (C=O) groups excluding carboxylic acids is 1. The summed E-state index contributed by atoms with van der Waals surface area (Å²) in [4.78, 5) is 12.2. The van der Waals surface area contributed by atoms with Crippen LogP contribution in [0.4, 0.5) is 21.9 Å². The van der Waals surface area contributed by atoms with E-state index in [0.29, 0.717) is 17.1 Å². The SMILES string of the molecule is Cc1ccc(NC(=O)Nc2ccccc2)cc1NS(=O)(=O)c1cnn(C)c1. The van der Waals surface area contributed by atoms with Gasteiger partial charge < -0.3 is 10.6 Å². The topological polar surface area (TPSA) is 105 Å². The van der Waals surface area contributed by atoms with Gasteiger partial charge in [-0.1, -0.05) is 24.3 Å². The number of aryl methyl sites for hydroxylation is 2. The van der Waals surface area contributed by atoms with Crippen molar-refractivity contribution >= 4 is 33.1 Å². The minimum atomic E-state index is -3.77. The number of nitrogens with one attached hydrogen (secondary N) is 3. The predicted octanol–water partition coefficient (Wildman–Crippen LogP) is 3.17. The Kier molecular flexibility index (Phi) is 5.13. The number of aromatic nitrogens is 2. The Morgan fingerprint density at radius 1 is 1.04 bits per heavy atom. The standard InChI is InChI=1S/C18H19N5O3S/c1-13-8-9-15(21-18(24)20-14-6-4-3-5-7-14)10-17(13)22-27(25,26)16-11-19-23(2)12-16/h3-12,22H,1-2H3,(H2,20,21,24). The van der Waals surface area contributed by atoms with Gasteiger partial charge in [0, 0.05) is 24.6 Å². The molecule has 0 unspecified atom stereocenters. The number of carbonyl (C=O) groups is 1. The van der Waals surface area contributed by atoms with E-state index in [0.717, 1.165) is 5.56 Å². The number of amides is 2. The molecule has 27 heavy (non-hydrogen) atoms. The number of benzene rings is 2. The van der Waals surface area contributed by atoms with E-state index >= 15 is 0 Å².